The summed E-state index contributed by atoms with van der Waals surface area (Å²) in [6.45, 7) is 3.97. The average molecular weight is 394 g/mol. The summed E-state index contributed by atoms with van der Waals surface area (Å²) in [6.07, 6.45) is -2.15. The van der Waals surface area contributed by atoms with Gasteiger partial charge in [-0.3, -0.25) is 9.67 Å². The number of imidazole rings is 1. The van der Waals surface area contributed by atoms with Crippen LogP contribution < -0.4 is 0 Å². The smallest absolute Gasteiger partial charge is 0.280 e. The lowest BCUT2D eigenvalue weighted by molar-refractivity contribution is -0.141. The Balaban J connectivity index is 2.05. The molecular formula is C18H15ClF3N5. The summed E-state index contributed by atoms with van der Waals surface area (Å²) in [7, 11) is 0. The van der Waals surface area contributed by atoms with Crippen LogP contribution in [0.15, 0.2) is 30.5 Å². The highest BCUT2D eigenvalue weighted by molar-refractivity contribution is 6.35. The maximum atomic E-state index is 13.2. The Labute approximate surface area is 157 Å². The molecule has 0 saturated carbocycles. The van der Waals surface area contributed by atoms with Gasteiger partial charge >= 0.3 is 6.18 Å². The molecule has 3 heterocycles. The Kier molecular flexibility index (Phi) is 4.10. The van der Waals surface area contributed by atoms with Crippen molar-refractivity contribution in [2.75, 3.05) is 0 Å². The molecule has 4 aromatic rings. The summed E-state index contributed by atoms with van der Waals surface area (Å²) >= 11 is 6.34. The first-order valence-corrected chi connectivity index (χ1v) is 8.77. The van der Waals surface area contributed by atoms with Crippen molar-refractivity contribution in [1.82, 2.24) is 24.7 Å². The van der Waals surface area contributed by atoms with Crippen molar-refractivity contribution < 1.29 is 13.2 Å². The van der Waals surface area contributed by atoms with Gasteiger partial charge in [0.15, 0.2) is 5.65 Å². The molecule has 1 atom stereocenters. The van der Waals surface area contributed by atoms with Crippen molar-refractivity contribution in [3.05, 3.63) is 47.0 Å². The van der Waals surface area contributed by atoms with Gasteiger partial charge in [0.05, 0.1) is 22.4 Å². The van der Waals surface area contributed by atoms with Crippen LogP contribution in [0.1, 0.15) is 37.7 Å². The van der Waals surface area contributed by atoms with Crippen molar-refractivity contribution in [1.29, 1.82) is 0 Å². The third kappa shape index (κ3) is 2.93. The number of H-pyrrole nitrogens is 1. The quantitative estimate of drug-likeness (QED) is 0.501. The third-order valence-corrected chi connectivity index (χ3v) is 4.92. The predicted molar refractivity (Wildman–Crippen MR) is 97.2 cm³/mol. The van der Waals surface area contributed by atoms with Crippen molar-refractivity contribution in [3.8, 4) is 5.69 Å². The van der Waals surface area contributed by atoms with Gasteiger partial charge in [-0.05, 0) is 30.7 Å². The second-order valence-corrected chi connectivity index (χ2v) is 6.82. The number of aromatic amines is 1. The Morgan fingerprint density at radius 2 is 2.00 bits per heavy atom. The van der Waals surface area contributed by atoms with E-state index in [2.05, 4.69) is 20.2 Å². The van der Waals surface area contributed by atoms with Crippen LogP contribution in [-0.2, 0) is 6.18 Å². The summed E-state index contributed by atoms with van der Waals surface area (Å²) in [6, 6.07) is 5.79. The monoisotopic (exact) mass is 393 g/mol. The van der Waals surface area contributed by atoms with E-state index in [9.17, 15) is 13.2 Å². The number of benzene rings is 1. The largest absolute Gasteiger partial charge is 0.433 e. The molecule has 0 radical (unpaired) electrons. The molecule has 1 aromatic carbocycles. The van der Waals surface area contributed by atoms with E-state index in [4.69, 9.17) is 11.6 Å². The van der Waals surface area contributed by atoms with Gasteiger partial charge in [0.2, 0.25) is 0 Å². The zero-order valence-electron chi connectivity index (χ0n) is 14.5. The summed E-state index contributed by atoms with van der Waals surface area (Å²) in [5, 5.41) is 7.94. The Morgan fingerprint density at radius 1 is 1.22 bits per heavy atom. The lowest BCUT2D eigenvalue weighted by Crippen LogP contribution is -2.10. The van der Waals surface area contributed by atoms with E-state index < -0.39 is 11.9 Å². The Hall–Kier alpha value is -2.61. The SMILES string of the molecule is CC[C@H](C)c1nc2ccc(C(F)(F)F)nc2n1-c1cc(Cl)c2[nH]ncc2c1. The molecule has 0 fully saturated rings. The molecule has 0 amide bonds. The molecule has 0 saturated heterocycles. The van der Waals surface area contributed by atoms with E-state index >= 15 is 0 Å². The first kappa shape index (κ1) is 17.8. The van der Waals surface area contributed by atoms with Gasteiger partial charge < -0.3 is 0 Å². The van der Waals surface area contributed by atoms with Gasteiger partial charge in [-0.15, -0.1) is 0 Å². The molecule has 1 N–H and O–H groups in total. The highest BCUT2D eigenvalue weighted by Gasteiger charge is 2.33. The zero-order valence-corrected chi connectivity index (χ0v) is 15.2. The lowest BCUT2D eigenvalue weighted by Gasteiger charge is -2.14. The van der Waals surface area contributed by atoms with Crippen molar-refractivity contribution in [2.24, 2.45) is 0 Å². The van der Waals surface area contributed by atoms with Gasteiger partial charge in [0, 0.05) is 11.3 Å². The fourth-order valence-corrected chi connectivity index (χ4v) is 3.29. The molecule has 0 bridgehead atoms. The molecule has 0 spiro atoms. The highest BCUT2D eigenvalue weighted by Crippen LogP contribution is 2.33. The number of hydrogen-bond acceptors (Lipinski definition) is 3. The van der Waals surface area contributed by atoms with Crippen LogP contribution in [-0.4, -0.2) is 24.7 Å². The van der Waals surface area contributed by atoms with Gasteiger partial charge in [-0.25, -0.2) is 9.97 Å². The lowest BCUT2D eigenvalue weighted by atomic mass is 10.1. The summed E-state index contributed by atoms with van der Waals surface area (Å²) in [5.74, 6) is 0.658. The first-order valence-electron chi connectivity index (χ1n) is 8.39. The minimum absolute atomic E-state index is 0.0207. The predicted octanol–water partition coefficient (Wildman–Crippen LogP) is 5.48. The van der Waals surface area contributed by atoms with E-state index in [0.29, 0.717) is 27.6 Å². The third-order valence-electron chi connectivity index (χ3n) is 4.62. The van der Waals surface area contributed by atoms with Gasteiger partial charge in [0.25, 0.3) is 0 Å². The molecule has 140 valence electrons. The van der Waals surface area contributed by atoms with E-state index in [-0.39, 0.29) is 11.6 Å². The molecule has 0 aliphatic rings. The summed E-state index contributed by atoms with van der Waals surface area (Å²) in [4.78, 5) is 8.41. The normalized spacial score (nSPS) is 13.6. The fourth-order valence-electron chi connectivity index (χ4n) is 3.03. The van der Waals surface area contributed by atoms with Crippen LogP contribution in [0.5, 0.6) is 0 Å². The van der Waals surface area contributed by atoms with Crippen molar-refractivity contribution in [3.63, 3.8) is 0 Å². The molecule has 27 heavy (non-hydrogen) atoms. The number of hydrogen-bond donors (Lipinski definition) is 1. The van der Waals surface area contributed by atoms with Crippen molar-refractivity contribution >= 4 is 33.7 Å². The van der Waals surface area contributed by atoms with E-state index in [1.54, 1.807) is 22.9 Å². The second-order valence-electron chi connectivity index (χ2n) is 6.41. The van der Waals surface area contributed by atoms with Gasteiger partial charge in [-0.1, -0.05) is 25.4 Å². The van der Waals surface area contributed by atoms with E-state index in [1.165, 1.54) is 6.07 Å². The average Bonchev–Trinajstić information content (AvgIpc) is 3.23. The van der Waals surface area contributed by atoms with Crippen LogP contribution in [0.4, 0.5) is 13.2 Å². The molecule has 5 nitrogen and oxygen atoms in total. The molecule has 4 rings (SSSR count). The number of fused-ring (bicyclic) bond motifs is 2. The zero-order chi connectivity index (χ0) is 19.3. The van der Waals surface area contributed by atoms with Crippen LogP contribution in [0, 0.1) is 0 Å². The highest BCUT2D eigenvalue weighted by atomic mass is 35.5. The number of aromatic nitrogens is 5. The molecule has 9 heteroatoms. The summed E-state index contributed by atoms with van der Waals surface area (Å²) < 4.78 is 41.2. The van der Waals surface area contributed by atoms with Crippen LogP contribution in [0.2, 0.25) is 5.02 Å². The molecule has 0 unspecified atom stereocenters. The topological polar surface area (TPSA) is 59.4 Å². The van der Waals surface area contributed by atoms with E-state index in [0.717, 1.165) is 17.9 Å². The molecular weight excluding hydrogens is 379 g/mol. The van der Waals surface area contributed by atoms with Crippen LogP contribution in [0.25, 0.3) is 27.8 Å². The maximum absolute atomic E-state index is 13.2. The van der Waals surface area contributed by atoms with Gasteiger partial charge in [-0.2, -0.15) is 18.3 Å². The first-order chi connectivity index (χ1) is 12.8. The van der Waals surface area contributed by atoms with E-state index in [1.807, 2.05) is 13.8 Å². The standard InChI is InChI=1S/C18H15ClF3N5/c1-3-9(2)16-24-13-4-5-14(18(20,21)22)25-17(13)27(16)11-6-10-8-23-26-15(10)12(19)7-11/h4-9H,3H2,1-2H3,(H,23,26)/t9-/m0/s1. The minimum Gasteiger partial charge on any atom is -0.280 e. The van der Waals surface area contributed by atoms with Gasteiger partial charge in [0.1, 0.15) is 17.0 Å². The molecule has 3 aromatic heterocycles. The van der Waals surface area contributed by atoms with Crippen LogP contribution in [0.3, 0.4) is 0 Å². The minimum atomic E-state index is -4.54. The number of alkyl halides is 3. The molecule has 0 aliphatic heterocycles. The fraction of sp³-hybridized carbons (Fsp3) is 0.278. The number of pyridine rings is 1. The van der Waals surface area contributed by atoms with Crippen molar-refractivity contribution in [2.45, 2.75) is 32.4 Å². The van der Waals surface area contributed by atoms with Crippen LogP contribution >= 0.6 is 11.6 Å². The number of halogens is 4. The summed E-state index contributed by atoms with van der Waals surface area (Å²) in [5.41, 5.74) is 0.862. The Morgan fingerprint density at radius 3 is 2.70 bits per heavy atom. The number of nitrogens with one attached hydrogen (secondary N) is 1. The maximum Gasteiger partial charge on any atom is 0.433 e. The molecule has 0 aliphatic carbocycles. The Bertz CT molecular complexity index is 1150. The number of rotatable bonds is 3. The number of nitrogens with zero attached hydrogens (tertiary/aromatic N) is 4. The second kappa shape index (κ2) is 6.23.